The molecule has 168 valence electrons. The molecule has 2 bridgehead atoms. The number of carbonyl (C=O) groups is 2. The van der Waals surface area contributed by atoms with Crippen LogP contribution in [0.4, 0.5) is 0 Å². The third kappa shape index (κ3) is 3.27. The van der Waals surface area contributed by atoms with Crippen LogP contribution in [0.3, 0.4) is 0 Å². The SMILES string of the molecule is O=C1[C@H]2[C@H](C(=O)N1/N=C\c1cc(Br)c(OCc3ccccc3Cl)c(Br)c1)[C@H]1C=C[C@H]2C12CC2. The lowest BCUT2D eigenvalue weighted by Crippen LogP contribution is -2.30. The van der Waals surface area contributed by atoms with Crippen molar-refractivity contribution in [1.82, 2.24) is 5.01 Å². The van der Waals surface area contributed by atoms with Gasteiger partial charge in [-0.1, -0.05) is 42.0 Å². The molecular formula is C25H19Br2ClN2O3. The van der Waals surface area contributed by atoms with Gasteiger partial charge in [-0.25, -0.2) is 0 Å². The van der Waals surface area contributed by atoms with Crippen molar-refractivity contribution in [2.24, 2.45) is 34.2 Å². The van der Waals surface area contributed by atoms with Crippen LogP contribution in [0.2, 0.25) is 5.02 Å². The molecule has 5 nitrogen and oxygen atoms in total. The first-order valence-corrected chi connectivity index (χ1v) is 12.8. The van der Waals surface area contributed by atoms with Gasteiger partial charge in [0.1, 0.15) is 12.4 Å². The van der Waals surface area contributed by atoms with E-state index in [0.717, 1.165) is 37.9 Å². The minimum atomic E-state index is -0.244. The number of allylic oxidation sites excluding steroid dienone is 2. The first-order valence-electron chi connectivity index (χ1n) is 10.9. The maximum Gasteiger partial charge on any atom is 0.254 e. The van der Waals surface area contributed by atoms with E-state index in [0.29, 0.717) is 17.4 Å². The van der Waals surface area contributed by atoms with Crippen molar-refractivity contribution in [1.29, 1.82) is 0 Å². The summed E-state index contributed by atoms with van der Waals surface area (Å²) in [5.41, 5.74) is 1.80. The number of halogens is 3. The fourth-order valence-electron chi connectivity index (χ4n) is 5.86. The minimum Gasteiger partial charge on any atom is -0.486 e. The van der Waals surface area contributed by atoms with Crippen LogP contribution in [0.25, 0.3) is 0 Å². The Morgan fingerprint density at radius 3 is 2.24 bits per heavy atom. The molecule has 4 aliphatic rings. The van der Waals surface area contributed by atoms with Crippen LogP contribution in [0, 0.1) is 29.1 Å². The Bertz CT molecular complexity index is 1200. The number of ether oxygens (including phenoxy) is 1. The molecule has 4 atom stereocenters. The normalized spacial score (nSPS) is 28.4. The average molecular weight is 591 g/mol. The van der Waals surface area contributed by atoms with Gasteiger partial charge in [-0.3, -0.25) is 9.59 Å². The van der Waals surface area contributed by atoms with Crippen LogP contribution < -0.4 is 4.74 Å². The average Bonchev–Trinajstić information content (AvgIpc) is 3.38. The molecule has 2 aromatic carbocycles. The summed E-state index contributed by atoms with van der Waals surface area (Å²) in [5.74, 6) is 0.207. The molecule has 0 unspecified atom stereocenters. The lowest BCUT2D eigenvalue weighted by atomic mass is 9.85. The second kappa shape index (κ2) is 7.79. The first kappa shape index (κ1) is 21.6. The van der Waals surface area contributed by atoms with Gasteiger partial charge in [0.25, 0.3) is 11.8 Å². The predicted molar refractivity (Wildman–Crippen MR) is 132 cm³/mol. The number of fused-ring (bicyclic) bond motifs is 3. The molecule has 1 heterocycles. The number of carbonyl (C=O) groups excluding carboxylic acids is 2. The van der Waals surface area contributed by atoms with E-state index in [1.165, 1.54) is 0 Å². The van der Waals surface area contributed by atoms with Gasteiger partial charge < -0.3 is 4.74 Å². The summed E-state index contributed by atoms with van der Waals surface area (Å²) in [6.45, 7) is 0.321. The Balaban J connectivity index is 1.19. The Hall–Kier alpha value is -1.96. The van der Waals surface area contributed by atoms with E-state index in [1.807, 2.05) is 36.4 Å². The van der Waals surface area contributed by atoms with E-state index < -0.39 is 0 Å². The highest BCUT2D eigenvalue weighted by Crippen LogP contribution is 2.73. The molecule has 0 radical (unpaired) electrons. The number of rotatable bonds is 5. The molecule has 0 N–H and O–H groups in total. The summed E-state index contributed by atoms with van der Waals surface area (Å²) in [4.78, 5) is 26.1. The molecule has 33 heavy (non-hydrogen) atoms. The van der Waals surface area contributed by atoms with E-state index >= 15 is 0 Å². The molecule has 1 aliphatic heterocycles. The van der Waals surface area contributed by atoms with Gasteiger partial charge in [-0.05, 0) is 85.7 Å². The number of amides is 2. The maximum absolute atomic E-state index is 13.1. The second-order valence-corrected chi connectivity index (χ2v) is 11.3. The van der Waals surface area contributed by atoms with Crippen LogP contribution in [-0.4, -0.2) is 23.0 Å². The summed E-state index contributed by atoms with van der Waals surface area (Å²) in [6.07, 6.45) is 8.12. The van der Waals surface area contributed by atoms with E-state index in [9.17, 15) is 9.59 Å². The van der Waals surface area contributed by atoms with Crippen molar-refractivity contribution < 1.29 is 14.3 Å². The number of benzene rings is 2. The fraction of sp³-hybridized carbons (Fsp3) is 0.320. The molecule has 3 fully saturated rings. The monoisotopic (exact) mass is 588 g/mol. The molecule has 0 aromatic heterocycles. The van der Waals surface area contributed by atoms with E-state index in [2.05, 4.69) is 49.1 Å². The van der Waals surface area contributed by atoms with Gasteiger partial charge in [0.05, 0.1) is 27.0 Å². The quantitative estimate of drug-likeness (QED) is 0.245. The largest absolute Gasteiger partial charge is 0.486 e. The lowest BCUT2D eigenvalue weighted by molar-refractivity contribution is -0.141. The molecule has 1 spiro atoms. The highest BCUT2D eigenvalue weighted by atomic mass is 79.9. The van der Waals surface area contributed by atoms with Crippen LogP contribution >= 0.6 is 43.5 Å². The van der Waals surface area contributed by atoms with Crippen molar-refractivity contribution in [3.05, 3.63) is 73.6 Å². The first-order chi connectivity index (χ1) is 15.9. The Morgan fingerprint density at radius 2 is 1.67 bits per heavy atom. The van der Waals surface area contributed by atoms with Gasteiger partial charge in [0, 0.05) is 10.6 Å². The van der Waals surface area contributed by atoms with Crippen molar-refractivity contribution in [2.45, 2.75) is 19.4 Å². The Labute approximate surface area is 213 Å². The van der Waals surface area contributed by atoms with E-state index in [4.69, 9.17) is 16.3 Å². The third-order valence-electron chi connectivity index (χ3n) is 7.50. The van der Waals surface area contributed by atoms with Crippen LogP contribution in [0.15, 0.2) is 62.6 Å². The Morgan fingerprint density at radius 1 is 1.06 bits per heavy atom. The summed E-state index contributed by atoms with van der Waals surface area (Å²) >= 11 is 13.3. The van der Waals surface area contributed by atoms with E-state index in [-0.39, 0.29) is 40.9 Å². The molecule has 6 rings (SSSR count). The standard InChI is InChI=1S/C25H19Br2ClN2O3/c26-17-9-13(10-18(27)22(17)33-12-14-3-1-2-4-19(14)28)11-29-30-23(31)20-15-5-6-16(21(20)24(30)32)25(15)7-8-25/h1-6,9-11,15-16,20-21H,7-8,12H2/b29-11-/t15-,16-,20-,21-/m1/s1. The molecule has 1 saturated heterocycles. The van der Waals surface area contributed by atoms with Gasteiger partial charge in [0.2, 0.25) is 0 Å². The summed E-state index contributed by atoms with van der Waals surface area (Å²) < 4.78 is 7.40. The molecule has 2 aromatic rings. The second-order valence-electron chi connectivity index (χ2n) is 9.15. The summed E-state index contributed by atoms with van der Waals surface area (Å²) in [7, 11) is 0. The lowest BCUT2D eigenvalue weighted by Gasteiger charge is -2.18. The number of hydrogen-bond acceptors (Lipinski definition) is 4. The predicted octanol–water partition coefficient (Wildman–Crippen LogP) is 5.98. The van der Waals surface area contributed by atoms with Crippen LogP contribution in [0.5, 0.6) is 5.75 Å². The zero-order chi connectivity index (χ0) is 22.9. The zero-order valence-electron chi connectivity index (χ0n) is 17.4. The number of hydrogen-bond donors (Lipinski definition) is 0. The van der Waals surface area contributed by atoms with Crippen molar-refractivity contribution in [2.75, 3.05) is 0 Å². The Kier molecular flexibility index (Phi) is 5.09. The maximum atomic E-state index is 13.1. The van der Waals surface area contributed by atoms with Gasteiger partial charge in [0.15, 0.2) is 0 Å². The molecule has 3 aliphatic carbocycles. The topological polar surface area (TPSA) is 59.0 Å². The summed E-state index contributed by atoms with van der Waals surface area (Å²) in [6, 6.07) is 11.2. The van der Waals surface area contributed by atoms with Crippen LogP contribution in [-0.2, 0) is 16.2 Å². The molecule has 2 saturated carbocycles. The van der Waals surface area contributed by atoms with Gasteiger partial charge in [-0.2, -0.15) is 10.1 Å². The van der Waals surface area contributed by atoms with Gasteiger partial charge >= 0.3 is 0 Å². The molecule has 2 amide bonds. The van der Waals surface area contributed by atoms with E-state index in [1.54, 1.807) is 6.21 Å². The van der Waals surface area contributed by atoms with Crippen molar-refractivity contribution >= 4 is 61.5 Å². The fourth-order valence-corrected chi connectivity index (χ4v) is 7.50. The zero-order valence-corrected chi connectivity index (χ0v) is 21.3. The highest BCUT2D eigenvalue weighted by molar-refractivity contribution is 9.11. The number of hydrazone groups is 1. The van der Waals surface area contributed by atoms with Crippen molar-refractivity contribution in [3.8, 4) is 5.75 Å². The smallest absolute Gasteiger partial charge is 0.254 e. The number of nitrogens with zero attached hydrogens (tertiary/aromatic N) is 2. The minimum absolute atomic E-state index is 0.165. The van der Waals surface area contributed by atoms with Crippen molar-refractivity contribution in [3.63, 3.8) is 0 Å². The third-order valence-corrected chi connectivity index (χ3v) is 9.05. The summed E-state index contributed by atoms with van der Waals surface area (Å²) in [5, 5.41) is 6.03. The number of imide groups is 1. The molecule has 8 heteroatoms. The van der Waals surface area contributed by atoms with Crippen LogP contribution in [0.1, 0.15) is 24.0 Å². The highest BCUT2D eigenvalue weighted by Gasteiger charge is 2.73. The van der Waals surface area contributed by atoms with Gasteiger partial charge in [-0.15, -0.1) is 0 Å². The molecular weight excluding hydrogens is 572 g/mol.